The number of rotatable bonds is 6. The fourth-order valence-corrected chi connectivity index (χ4v) is 1.81. The van der Waals surface area contributed by atoms with Gasteiger partial charge < -0.3 is 0 Å². The van der Waals surface area contributed by atoms with Crippen LogP contribution in [0.5, 0.6) is 0 Å². The van der Waals surface area contributed by atoms with Crippen LogP contribution in [0.25, 0.3) is 0 Å². The third-order valence-electron chi connectivity index (χ3n) is 2.84. The molecule has 0 aliphatic rings. The summed E-state index contributed by atoms with van der Waals surface area (Å²) in [6.07, 6.45) is 2.92. The van der Waals surface area contributed by atoms with Gasteiger partial charge in [0.1, 0.15) is 0 Å². The minimum atomic E-state index is 0.286. The molecule has 1 rings (SSSR count). The molecule has 0 heterocycles. The number of hydrogen-bond donors (Lipinski definition) is 2. The van der Waals surface area contributed by atoms with E-state index in [0.29, 0.717) is 0 Å². The van der Waals surface area contributed by atoms with Gasteiger partial charge in [-0.15, -0.1) is 0 Å². The molecule has 0 aliphatic heterocycles. The standard InChI is InChI=1S/C14H22N2/c1-4-11(2)9-14(16-15)10-13-7-5-6-12(3)8-13/h5-8,14,16H,2,4,9-10,15H2,1,3H3. The van der Waals surface area contributed by atoms with Crippen molar-refractivity contribution in [1.82, 2.24) is 5.43 Å². The Kier molecular flexibility index (Phi) is 5.23. The van der Waals surface area contributed by atoms with Gasteiger partial charge in [0.15, 0.2) is 0 Å². The average molecular weight is 218 g/mol. The van der Waals surface area contributed by atoms with Crippen LogP contribution in [0.15, 0.2) is 36.4 Å². The summed E-state index contributed by atoms with van der Waals surface area (Å²) in [5, 5.41) is 0. The lowest BCUT2D eigenvalue weighted by atomic mass is 9.98. The van der Waals surface area contributed by atoms with Crippen molar-refractivity contribution in [2.45, 2.75) is 39.2 Å². The minimum Gasteiger partial charge on any atom is -0.271 e. The van der Waals surface area contributed by atoms with E-state index in [1.165, 1.54) is 16.7 Å². The van der Waals surface area contributed by atoms with Crippen LogP contribution in [0.4, 0.5) is 0 Å². The van der Waals surface area contributed by atoms with E-state index in [-0.39, 0.29) is 6.04 Å². The molecule has 1 aromatic rings. The lowest BCUT2D eigenvalue weighted by Gasteiger charge is -2.17. The van der Waals surface area contributed by atoms with Crippen LogP contribution < -0.4 is 11.3 Å². The maximum Gasteiger partial charge on any atom is 0.0287 e. The molecule has 0 bridgehead atoms. The van der Waals surface area contributed by atoms with Gasteiger partial charge in [0, 0.05) is 6.04 Å². The molecule has 1 aromatic carbocycles. The van der Waals surface area contributed by atoms with Gasteiger partial charge in [-0.1, -0.05) is 48.9 Å². The van der Waals surface area contributed by atoms with Crippen molar-refractivity contribution >= 4 is 0 Å². The van der Waals surface area contributed by atoms with Crippen molar-refractivity contribution in [3.05, 3.63) is 47.5 Å². The first-order valence-corrected chi connectivity index (χ1v) is 5.84. The Morgan fingerprint density at radius 3 is 2.81 bits per heavy atom. The topological polar surface area (TPSA) is 38.0 Å². The van der Waals surface area contributed by atoms with Crippen LogP contribution in [-0.4, -0.2) is 6.04 Å². The van der Waals surface area contributed by atoms with E-state index in [1.54, 1.807) is 0 Å². The van der Waals surface area contributed by atoms with Gasteiger partial charge in [-0.05, 0) is 31.7 Å². The molecule has 0 amide bonds. The second kappa shape index (κ2) is 6.46. The number of aryl methyl sites for hydroxylation is 1. The monoisotopic (exact) mass is 218 g/mol. The quantitative estimate of drug-likeness (QED) is 0.438. The number of hydrazine groups is 1. The molecule has 0 radical (unpaired) electrons. The molecule has 2 nitrogen and oxygen atoms in total. The maximum atomic E-state index is 5.57. The largest absolute Gasteiger partial charge is 0.271 e. The highest BCUT2D eigenvalue weighted by molar-refractivity contribution is 5.23. The van der Waals surface area contributed by atoms with E-state index in [9.17, 15) is 0 Å². The van der Waals surface area contributed by atoms with E-state index < -0.39 is 0 Å². The van der Waals surface area contributed by atoms with Crippen molar-refractivity contribution in [2.24, 2.45) is 5.84 Å². The van der Waals surface area contributed by atoms with Crippen LogP contribution in [0.1, 0.15) is 30.9 Å². The van der Waals surface area contributed by atoms with Gasteiger partial charge in [-0.2, -0.15) is 0 Å². The molecule has 0 aliphatic carbocycles. The molecule has 16 heavy (non-hydrogen) atoms. The summed E-state index contributed by atoms with van der Waals surface area (Å²) in [4.78, 5) is 0. The van der Waals surface area contributed by atoms with Crippen molar-refractivity contribution in [3.8, 4) is 0 Å². The Morgan fingerprint density at radius 2 is 2.25 bits per heavy atom. The van der Waals surface area contributed by atoms with Crippen molar-refractivity contribution in [2.75, 3.05) is 0 Å². The number of nitrogens with two attached hydrogens (primary N) is 1. The number of benzene rings is 1. The fourth-order valence-electron chi connectivity index (χ4n) is 1.81. The summed E-state index contributed by atoms with van der Waals surface area (Å²) in [7, 11) is 0. The molecule has 2 heteroatoms. The molecular formula is C14H22N2. The molecule has 0 saturated heterocycles. The molecule has 1 unspecified atom stereocenters. The predicted octanol–water partition coefficient (Wildman–Crippen LogP) is 2.73. The molecule has 3 N–H and O–H groups in total. The van der Waals surface area contributed by atoms with Gasteiger partial charge in [-0.3, -0.25) is 11.3 Å². The highest BCUT2D eigenvalue weighted by atomic mass is 15.2. The molecular weight excluding hydrogens is 196 g/mol. The summed E-state index contributed by atoms with van der Waals surface area (Å²) in [6.45, 7) is 8.26. The van der Waals surface area contributed by atoms with Crippen LogP contribution in [-0.2, 0) is 6.42 Å². The lowest BCUT2D eigenvalue weighted by Crippen LogP contribution is -2.37. The third-order valence-corrected chi connectivity index (χ3v) is 2.84. The number of nitrogens with one attached hydrogen (secondary N) is 1. The summed E-state index contributed by atoms with van der Waals surface area (Å²) < 4.78 is 0. The molecule has 88 valence electrons. The van der Waals surface area contributed by atoms with Crippen LogP contribution >= 0.6 is 0 Å². The summed E-state index contributed by atoms with van der Waals surface area (Å²) >= 11 is 0. The van der Waals surface area contributed by atoms with E-state index in [4.69, 9.17) is 5.84 Å². The summed E-state index contributed by atoms with van der Waals surface area (Å²) in [5.74, 6) is 5.57. The van der Waals surface area contributed by atoms with Crippen molar-refractivity contribution in [1.29, 1.82) is 0 Å². The van der Waals surface area contributed by atoms with E-state index in [2.05, 4.69) is 50.1 Å². The third kappa shape index (κ3) is 4.17. The molecule has 0 fully saturated rings. The Bertz CT molecular complexity index is 344. The van der Waals surface area contributed by atoms with E-state index in [1.807, 2.05) is 0 Å². The van der Waals surface area contributed by atoms with Gasteiger partial charge in [0.25, 0.3) is 0 Å². The first-order valence-electron chi connectivity index (χ1n) is 5.84. The van der Waals surface area contributed by atoms with Crippen LogP contribution in [0.2, 0.25) is 0 Å². The first kappa shape index (κ1) is 12.9. The fraction of sp³-hybridized carbons (Fsp3) is 0.429. The smallest absolute Gasteiger partial charge is 0.0287 e. The zero-order valence-corrected chi connectivity index (χ0v) is 10.3. The molecule has 0 spiro atoms. The Hall–Kier alpha value is -1.12. The van der Waals surface area contributed by atoms with Crippen molar-refractivity contribution < 1.29 is 0 Å². The lowest BCUT2D eigenvalue weighted by molar-refractivity contribution is 0.516. The van der Waals surface area contributed by atoms with Crippen LogP contribution in [0.3, 0.4) is 0 Å². The predicted molar refractivity (Wildman–Crippen MR) is 70.0 cm³/mol. The van der Waals surface area contributed by atoms with Gasteiger partial charge in [0.2, 0.25) is 0 Å². The van der Waals surface area contributed by atoms with Gasteiger partial charge >= 0.3 is 0 Å². The Morgan fingerprint density at radius 1 is 1.50 bits per heavy atom. The van der Waals surface area contributed by atoms with Crippen molar-refractivity contribution in [3.63, 3.8) is 0 Å². The maximum absolute atomic E-state index is 5.57. The van der Waals surface area contributed by atoms with E-state index in [0.717, 1.165) is 19.3 Å². The zero-order chi connectivity index (χ0) is 12.0. The minimum absolute atomic E-state index is 0.286. The molecule has 1 atom stereocenters. The SMILES string of the molecule is C=C(CC)CC(Cc1cccc(C)c1)NN. The van der Waals surface area contributed by atoms with Gasteiger partial charge in [0.05, 0.1) is 0 Å². The van der Waals surface area contributed by atoms with Gasteiger partial charge in [-0.25, -0.2) is 0 Å². The molecule has 0 saturated carbocycles. The number of hydrogen-bond acceptors (Lipinski definition) is 2. The first-order chi connectivity index (χ1) is 7.65. The average Bonchev–Trinajstić information content (AvgIpc) is 2.28. The summed E-state index contributed by atoms with van der Waals surface area (Å²) in [5.41, 5.74) is 6.74. The normalized spacial score (nSPS) is 12.4. The Labute approximate surface area is 98.5 Å². The zero-order valence-electron chi connectivity index (χ0n) is 10.3. The Balaban J connectivity index is 2.59. The highest BCUT2D eigenvalue weighted by Crippen LogP contribution is 2.12. The van der Waals surface area contributed by atoms with E-state index >= 15 is 0 Å². The molecule has 0 aromatic heterocycles. The summed E-state index contributed by atoms with van der Waals surface area (Å²) in [6, 6.07) is 8.84. The van der Waals surface area contributed by atoms with Crippen LogP contribution in [0, 0.1) is 6.92 Å². The second-order valence-electron chi connectivity index (χ2n) is 4.36. The highest BCUT2D eigenvalue weighted by Gasteiger charge is 2.08. The second-order valence-corrected chi connectivity index (χ2v) is 4.36.